The number of rotatable bonds is 3. The van der Waals surface area contributed by atoms with E-state index in [1.165, 1.54) is 0 Å². The summed E-state index contributed by atoms with van der Waals surface area (Å²) in [6.45, 7) is 4.65. The Balaban J connectivity index is 2.74. The molecule has 0 saturated carbocycles. The summed E-state index contributed by atoms with van der Waals surface area (Å²) in [5, 5.41) is 4.26. The summed E-state index contributed by atoms with van der Waals surface area (Å²) in [5.74, 6) is 0. The summed E-state index contributed by atoms with van der Waals surface area (Å²) in [4.78, 5) is 0. The fourth-order valence-electron chi connectivity index (χ4n) is 0.851. The minimum atomic E-state index is 0.00909. The minimum absolute atomic E-state index is 0.00909. The van der Waals surface area contributed by atoms with Gasteiger partial charge in [0.15, 0.2) is 0 Å². The molecule has 12 heavy (non-hydrogen) atoms. The first-order valence-electron chi connectivity index (χ1n) is 3.67. The highest BCUT2D eigenvalue weighted by Gasteiger charge is 2.08. The van der Waals surface area contributed by atoms with Crippen LogP contribution in [0, 0.1) is 3.70 Å². The molecule has 0 spiro atoms. The van der Waals surface area contributed by atoms with Crippen LogP contribution >= 0.6 is 38.5 Å². The second kappa shape index (κ2) is 4.57. The van der Waals surface area contributed by atoms with Crippen molar-refractivity contribution >= 4 is 38.5 Å². The Kier molecular flexibility index (Phi) is 3.98. The molecule has 3 nitrogen and oxygen atoms in total. The Morgan fingerprint density at radius 2 is 2.50 bits per heavy atom. The van der Waals surface area contributed by atoms with Crippen molar-refractivity contribution in [2.75, 3.05) is 6.61 Å². The number of halogens is 2. The highest BCUT2D eigenvalue weighted by Crippen LogP contribution is 2.19. The Morgan fingerprint density at radius 3 is 2.92 bits per heavy atom. The molecule has 68 valence electrons. The van der Waals surface area contributed by atoms with Gasteiger partial charge in [-0.1, -0.05) is 0 Å². The highest BCUT2D eigenvalue weighted by atomic mass is 127. The molecule has 0 radical (unpaired) electrons. The summed E-state index contributed by atoms with van der Waals surface area (Å²) in [5.41, 5.74) is 0. The van der Waals surface area contributed by atoms with Gasteiger partial charge in [0.05, 0.1) is 4.47 Å². The van der Waals surface area contributed by atoms with E-state index in [4.69, 9.17) is 4.74 Å². The van der Waals surface area contributed by atoms with Crippen LogP contribution in [0.1, 0.15) is 20.1 Å². The van der Waals surface area contributed by atoms with Gasteiger partial charge >= 0.3 is 0 Å². The molecule has 0 amide bonds. The third-order valence-corrected chi connectivity index (χ3v) is 3.54. The summed E-state index contributed by atoms with van der Waals surface area (Å²) in [6, 6.07) is 0. The molecule has 1 aromatic heterocycles. The van der Waals surface area contributed by atoms with Crippen molar-refractivity contribution < 1.29 is 4.74 Å². The largest absolute Gasteiger partial charge is 0.357 e. The van der Waals surface area contributed by atoms with E-state index in [9.17, 15) is 0 Å². The van der Waals surface area contributed by atoms with Gasteiger partial charge in [-0.25, -0.2) is 4.68 Å². The molecule has 1 unspecified atom stereocenters. The van der Waals surface area contributed by atoms with Crippen molar-refractivity contribution in [1.29, 1.82) is 0 Å². The van der Waals surface area contributed by atoms with E-state index in [1.807, 2.05) is 20.0 Å². The van der Waals surface area contributed by atoms with E-state index < -0.39 is 0 Å². The van der Waals surface area contributed by atoms with Crippen LogP contribution in [0.15, 0.2) is 10.7 Å². The van der Waals surface area contributed by atoms with Gasteiger partial charge in [0.25, 0.3) is 0 Å². The van der Waals surface area contributed by atoms with Crippen LogP contribution in [0.5, 0.6) is 0 Å². The molecular weight excluding hydrogens is 335 g/mol. The predicted molar refractivity (Wildman–Crippen MR) is 59.0 cm³/mol. The van der Waals surface area contributed by atoms with Crippen molar-refractivity contribution in [3.63, 3.8) is 0 Å². The summed E-state index contributed by atoms with van der Waals surface area (Å²) in [7, 11) is 0. The van der Waals surface area contributed by atoms with Gasteiger partial charge in [-0.3, -0.25) is 0 Å². The normalized spacial score (nSPS) is 13.3. The Morgan fingerprint density at radius 1 is 1.83 bits per heavy atom. The minimum Gasteiger partial charge on any atom is -0.357 e. The molecule has 0 aromatic carbocycles. The lowest BCUT2D eigenvalue weighted by atomic mass is 10.6. The maximum Gasteiger partial charge on any atom is 0.147 e. The number of ether oxygens (including phenoxy) is 1. The van der Waals surface area contributed by atoms with Gasteiger partial charge in [0.1, 0.15) is 9.93 Å². The number of hydrogen-bond acceptors (Lipinski definition) is 2. The molecule has 0 N–H and O–H groups in total. The first-order chi connectivity index (χ1) is 5.65. The maximum absolute atomic E-state index is 5.37. The average Bonchev–Trinajstić information content (AvgIpc) is 2.33. The van der Waals surface area contributed by atoms with Crippen LogP contribution in [0.4, 0.5) is 0 Å². The van der Waals surface area contributed by atoms with Crippen LogP contribution in [0.25, 0.3) is 0 Å². The smallest absolute Gasteiger partial charge is 0.147 e. The Hall–Kier alpha value is 0.380. The fourth-order valence-corrected chi connectivity index (χ4v) is 1.53. The fraction of sp³-hybridized carbons (Fsp3) is 0.571. The summed E-state index contributed by atoms with van der Waals surface area (Å²) >= 11 is 5.56. The van der Waals surface area contributed by atoms with Gasteiger partial charge in [0.2, 0.25) is 0 Å². The monoisotopic (exact) mass is 344 g/mol. The van der Waals surface area contributed by atoms with Crippen LogP contribution in [0.2, 0.25) is 0 Å². The first-order valence-corrected chi connectivity index (χ1v) is 5.54. The lowest BCUT2D eigenvalue weighted by Crippen LogP contribution is -2.09. The average molecular weight is 345 g/mol. The van der Waals surface area contributed by atoms with E-state index in [2.05, 4.69) is 43.6 Å². The van der Waals surface area contributed by atoms with Gasteiger partial charge in [-0.05, 0) is 52.4 Å². The van der Waals surface area contributed by atoms with E-state index in [0.717, 1.165) is 8.17 Å². The highest BCUT2D eigenvalue weighted by molar-refractivity contribution is 14.1. The molecule has 0 fully saturated rings. The molecule has 1 aromatic rings. The quantitative estimate of drug-likeness (QED) is 0.788. The van der Waals surface area contributed by atoms with Crippen molar-refractivity contribution in [3.8, 4) is 0 Å². The number of hydrogen-bond donors (Lipinski definition) is 0. The molecule has 0 aliphatic carbocycles. The zero-order valence-electron chi connectivity index (χ0n) is 6.92. The van der Waals surface area contributed by atoms with E-state index >= 15 is 0 Å². The lowest BCUT2D eigenvalue weighted by Gasteiger charge is -2.10. The van der Waals surface area contributed by atoms with E-state index in [-0.39, 0.29) is 6.23 Å². The third-order valence-electron chi connectivity index (χ3n) is 1.43. The predicted octanol–water partition coefficient (Wildman–Crippen LogP) is 2.81. The molecular formula is C7H10BrIN2O. The Bertz CT molecular complexity index is 244. The topological polar surface area (TPSA) is 27.1 Å². The number of aromatic nitrogens is 2. The molecule has 5 heteroatoms. The summed E-state index contributed by atoms with van der Waals surface area (Å²) < 4.78 is 9.14. The third kappa shape index (κ3) is 2.43. The van der Waals surface area contributed by atoms with Gasteiger partial charge in [0, 0.05) is 12.8 Å². The molecule has 0 aliphatic heterocycles. The zero-order valence-corrected chi connectivity index (χ0v) is 10.7. The van der Waals surface area contributed by atoms with Crippen LogP contribution in [0.3, 0.4) is 0 Å². The summed E-state index contributed by atoms with van der Waals surface area (Å²) in [6.07, 6.45) is 1.93. The van der Waals surface area contributed by atoms with Crippen LogP contribution < -0.4 is 0 Å². The zero-order chi connectivity index (χ0) is 9.14. The Labute approximate surface area is 93.7 Å². The van der Waals surface area contributed by atoms with Gasteiger partial charge < -0.3 is 4.74 Å². The molecule has 0 saturated heterocycles. The van der Waals surface area contributed by atoms with Crippen molar-refractivity contribution in [3.05, 3.63) is 14.4 Å². The van der Waals surface area contributed by atoms with Crippen LogP contribution in [-0.4, -0.2) is 16.4 Å². The van der Waals surface area contributed by atoms with Crippen molar-refractivity contribution in [1.82, 2.24) is 9.78 Å². The van der Waals surface area contributed by atoms with E-state index in [1.54, 1.807) is 4.68 Å². The van der Waals surface area contributed by atoms with Gasteiger partial charge in [-0.2, -0.15) is 5.10 Å². The van der Waals surface area contributed by atoms with Gasteiger partial charge in [-0.15, -0.1) is 0 Å². The SMILES string of the molecule is CCOC(C)n1cc(Br)c(I)n1. The van der Waals surface area contributed by atoms with Crippen molar-refractivity contribution in [2.24, 2.45) is 0 Å². The standard InChI is InChI=1S/C7H10BrIN2O/c1-3-12-5(2)11-4-6(8)7(9)10-11/h4-5H,3H2,1-2H3. The molecule has 1 rings (SSSR count). The molecule has 0 aliphatic rings. The van der Waals surface area contributed by atoms with E-state index in [0.29, 0.717) is 6.61 Å². The lowest BCUT2D eigenvalue weighted by molar-refractivity contribution is 0.0157. The number of nitrogens with zero attached hydrogens (tertiary/aromatic N) is 2. The second-order valence-electron chi connectivity index (χ2n) is 2.30. The van der Waals surface area contributed by atoms with Crippen molar-refractivity contribution in [2.45, 2.75) is 20.1 Å². The maximum atomic E-state index is 5.37. The molecule has 0 bridgehead atoms. The van der Waals surface area contributed by atoms with Crippen LogP contribution in [-0.2, 0) is 4.74 Å². The second-order valence-corrected chi connectivity index (χ2v) is 4.18. The first kappa shape index (κ1) is 10.5. The molecule has 1 heterocycles. The molecule has 1 atom stereocenters.